The van der Waals surface area contributed by atoms with E-state index in [9.17, 15) is 14.3 Å². The van der Waals surface area contributed by atoms with Gasteiger partial charge in [-0.05, 0) is 38.0 Å². The number of amides is 1. The number of alkyl halides is 1. The predicted molar refractivity (Wildman–Crippen MR) is 111 cm³/mol. The second-order valence-corrected chi connectivity index (χ2v) is 8.70. The van der Waals surface area contributed by atoms with Crippen molar-refractivity contribution in [3.63, 3.8) is 0 Å². The van der Waals surface area contributed by atoms with Gasteiger partial charge in [0, 0.05) is 29.1 Å². The maximum Gasteiger partial charge on any atom is 0.275 e. The molecule has 0 spiro atoms. The molecule has 10 heteroatoms. The summed E-state index contributed by atoms with van der Waals surface area (Å²) >= 11 is 0.997. The van der Waals surface area contributed by atoms with Crippen molar-refractivity contribution in [3.8, 4) is 0 Å². The third kappa shape index (κ3) is 3.65. The summed E-state index contributed by atoms with van der Waals surface area (Å²) in [6.07, 6.45) is 5.12. The number of aromatic nitrogens is 2. The standard InChI is InChI=1S/C20H21F2N5O2S/c1-19(22)10-30-18(23)27-20(19,9-28)13-6-12(4-5-14(13)21)26-17(29)16-8-24-15(7-25-16)11-2-3-11/h4-8,11,28H,2-3,9-10H2,1H3,(H2,23,27)(H,26,29)/t19-,20-/m1/s1. The minimum atomic E-state index is -2.07. The van der Waals surface area contributed by atoms with Gasteiger partial charge in [0.25, 0.3) is 5.91 Å². The van der Waals surface area contributed by atoms with Crippen LogP contribution < -0.4 is 11.1 Å². The number of thioether (sulfide) groups is 1. The van der Waals surface area contributed by atoms with E-state index in [0.29, 0.717) is 5.92 Å². The minimum Gasteiger partial charge on any atom is -0.393 e. The molecule has 4 N–H and O–H groups in total. The number of halogens is 2. The summed E-state index contributed by atoms with van der Waals surface area (Å²) in [5, 5.41) is 12.7. The van der Waals surface area contributed by atoms with Crippen molar-refractivity contribution in [2.45, 2.75) is 36.9 Å². The molecule has 0 unspecified atom stereocenters. The second kappa shape index (κ2) is 7.59. The normalized spacial score (nSPS) is 26.2. The first-order valence-corrected chi connectivity index (χ1v) is 10.5. The summed E-state index contributed by atoms with van der Waals surface area (Å²) in [4.78, 5) is 25.0. The van der Waals surface area contributed by atoms with Crippen LogP contribution in [-0.2, 0) is 5.54 Å². The number of anilines is 1. The summed E-state index contributed by atoms with van der Waals surface area (Å²) in [7, 11) is 0. The van der Waals surface area contributed by atoms with E-state index in [1.54, 1.807) is 6.20 Å². The number of amidine groups is 1. The van der Waals surface area contributed by atoms with Crippen LogP contribution in [0.25, 0.3) is 0 Å². The molecule has 0 radical (unpaired) electrons. The zero-order chi connectivity index (χ0) is 21.5. The number of carbonyl (C=O) groups is 1. The van der Waals surface area contributed by atoms with Crippen molar-refractivity contribution in [2.75, 3.05) is 17.7 Å². The molecule has 158 valence electrons. The number of rotatable bonds is 5. The molecular weight excluding hydrogens is 412 g/mol. The largest absolute Gasteiger partial charge is 0.393 e. The van der Waals surface area contributed by atoms with Gasteiger partial charge >= 0.3 is 0 Å². The highest BCUT2D eigenvalue weighted by Gasteiger charge is 2.54. The highest BCUT2D eigenvalue weighted by Crippen LogP contribution is 2.46. The Hall–Kier alpha value is -2.59. The molecule has 4 rings (SSSR count). The molecule has 30 heavy (non-hydrogen) atoms. The Labute approximate surface area is 176 Å². The number of hydrogen-bond acceptors (Lipinski definition) is 7. The molecule has 2 aromatic rings. The van der Waals surface area contributed by atoms with Crippen molar-refractivity contribution in [1.82, 2.24) is 9.97 Å². The van der Waals surface area contributed by atoms with Crippen LogP contribution in [0.5, 0.6) is 0 Å². The number of aliphatic hydroxyl groups excluding tert-OH is 1. The molecule has 1 aromatic heterocycles. The van der Waals surface area contributed by atoms with Crippen LogP contribution >= 0.6 is 11.8 Å². The fourth-order valence-corrected chi connectivity index (χ4v) is 4.33. The van der Waals surface area contributed by atoms with Crippen molar-refractivity contribution in [2.24, 2.45) is 10.7 Å². The summed E-state index contributed by atoms with van der Waals surface area (Å²) in [5.41, 5.74) is 2.75. The van der Waals surface area contributed by atoms with Gasteiger partial charge in [-0.3, -0.25) is 9.78 Å². The maximum absolute atomic E-state index is 15.4. The van der Waals surface area contributed by atoms with Crippen molar-refractivity contribution >= 4 is 28.5 Å². The SMILES string of the molecule is C[C@@]1(F)CSC(N)=N[C@]1(CO)c1cc(NC(=O)c2cnc(C3CC3)cn2)ccc1F. The molecule has 2 aliphatic rings. The number of carbonyl (C=O) groups excluding carboxylic acids is 1. The summed E-state index contributed by atoms with van der Waals surface area (Å²) in [6, 6.07) is 3.70. The van der Waals surface area contributed by atoms with Crippen LogP contribution in [0.15, 0.2) is 35.6 Å². The lowest BCUT2D eigenvalue weighted by atomic mass is 9.78. The lowest BCUT2D eigenvalue weighted by molar-refractivity contribution is 0.0434. The Bertz CT molecular complexity index is 1010. The fraction of sp³-hybridized carbons (Fsp3) is 0.400. The highest BCUT2D eigenvalue weighted by molar-refractivity contribution is 8.13. The van der Waals surface area contributed by atoms with E-state index in [1.807, 2.05) is 0 Å². The average molecular weight is 433 g/mol. The first-order valence-electron chi connectivity index (χ1n) is 9.47. The molecule has 1 aliphatic carbocycles. The first-order chi connectivity index (χ1) is 14.3. The van der Waals surface area contributed by atoms with Gasteiger partial charge in [-0.15, -0.1) is 0 Å². The number of nitrogens with zero attached hydrogens (tertiary/aromatic N) is 3. The van der Waals surface area contributed by atoms with E-state index in [-0.39, 0.29) is 27.9 Å². The van der Waals surface area contributed by atoms with E-state index in [4.69, 9.17) is 5.73 Å². The van der Waals surface area contributed by atoms with Crippen LogP contribution in [-0.4, -0.2) is 44.2 Å². The zero-order valence-corrected chi connectivity index (χ0v) is 17.0. The van der Waals surface area contributed by atoms with Gasteiger partial charge in [0.2, 0.25) is 0 Å². The molecule has 0 saturated heterocycles. The number of hydrogen-bond donors (Lipinski definition) is 3. The zero-order valence-electron chi connectivity index (χ0n) is 16.2. The Morgan fingerprint density at radius 2 is 2.13 bits per heavy atom. The lowest BCUT2D eigenvalue weighted by Crippen LogP contribution is -2.53. The Morgan fingerprint density at radius 1 is 1.37 bits per heavy atom. The van der Waals surface area contributed by atoms with Gasteiger partial charge in [0.05, 0.1) is 18.5 Å². The number of nitrogens with one attached hydrogen (secondary N) is 1. The Balaban J connectivity index is 1.64. The van der Waals surface area contributed by atoms with Crippen LogP contribution in [0.3, 0.4) is 0 Å². The summed E-state index contributed by atoms with van der Waals surface area (Å²) < 4.78 is 30.1. The van der Waals surface area contributed by atoms with E-state index in [1.165, 1.54) is 25.3 Å². The average Bonchev–Trinajstić information content (AvgIpc) is 3.57. The van der Waals surface area contributed by atoms with Crippen LogP contribution in [0.2, 0.25) is 0 Å². The number of nitrogens with two attached hydrogens (primary N) is 1. The van der Waals surface area contributed by atoms with E-state index >= 15 is 4.39 Å². The molecule has 1 amide bonds. The molecule has 7 nitrogen and oxygen atoms in total. The molecule has 1 saturated carbocycles. The Kier molecular flexibility index (Phi) is 5.23. The van der Waals surface area contributed by atoms with Gasteiger partial charge in [-0.2, -0.15) is 0 Å². The predicted octanol–water partition coefficient (Wildman–Crippen LogP) is 2.72. The van der Waals surface area contributed by atoms with E-state index in [2.05, 4.69) is 20.3 Å². The van der Waals surface area contributed by atoms with Gasteiger partial charge < -0.3 is 16.2 Å². The number of benzene rings is 1. The molecular formula is C20H21F2N5O2S. The smallest absolute Gasteiger partial charge is 0.275 e. The quantitative estimate of drug-likeness (QED) is 0.668. The van der Waals surface area contributed by atoms with Crippen molar-refractivity contribution < 1.29 is 18.7 Å². The third-order valence-electron chi connectivity index (χ3n) is 5.45. The van der Waals surface area contributed by atoms with Gasteiger partial charge in [0.1, 0.15) is 22.7 Å². The van der Waals surface area contributed by atoms with Gasteiger partial charge in [0.15, 0.2) is 5.17 Å². The monoisotopic (exact) mass is 433 g/mol. The topological polar surface area (TPSA) is 113 Å². The molecule has 1 aliphatic heterocycles. The van der Waals surface area contributed by atoms with E-state index < -0.39 is 29.5 Å². The highest BCUT2D eigenvalue weighted by atomic mass is 32.2. The van der Waals surface area contributed by atoms with Crippen molar-refractivity contribution in [1.29, 1.82) is 0 Å². The number of aliphatic imine (C=N–C) groups is 1. The maximum atomic E-state index is 15.4. The Morgan fingerprint density at radius 3 is 2.77 bits per heavy atom. The molecule has 2 heterocycles. The molecule has 1 fully saturated rings. The van der Waals surface area contributed by atoms with Crippen LogP contribution in [0, 0.1) is 5.82 Å². The molecule has 2 atom stereocenters. The summed E-state index contributed by atoms with van der Waals surface area (Å²) in [5.74, 6) is -0.976. The number of aliphatic hydroxyl groups is 1. The van der Waals surface area contributed by atoms with E-state index in [0.717, 1.165) is 36.4 Å². The van der Waals surface area contributed by atoms with Gasteiger partial charge in [-0.25, -0.2) is 18.8 Å². The molecule has 0 bridgehead atoms. The fourth-order valence-electron chi connectivity index (χ4n) is 3.45. The molecule has 1 aromatic carbocycles. The summed E-state index contributed by atoms with van der Waals surface area (Å²) in [6.45, 7) is 0.456. The van der Waals surface area contributed by atoms with Crippen LogP contribution in [0.1, 0.15) is 47.4 Å². The van der Waals surface area contributed by atoms with Gasteiger partial charge in [-0.1, -0.05) is 11.8 Å². The second-order valence-electron chi connectivity index (χ2n) is 7.70. The first kappa shape index (κ1) is 20.7. The van der Waals surface area contributed by atoms with Crippen LogP contribution in [0.4, 0.5) is 14.5 Å². The lowest BCUT2D eigenvalue weighted by Gasteiger charge is -2.42. The van der Waals surface area contributed by atoms with Crippen molar-refractivity contribution in [3.05, 3.63) is 53.4 Å². The third-order valence-corrected chi connectivity index (χ3v) is 6.53. The minimum absolute atomic E-state index is 0.0547.